The zero-order valence-corrected chi connectivity index (χ0v) is 14.0. The smallest absolute Gasteiger partial charge is 0.200 e. The molecule has 124 valence electrons. The van der Waals surface area contributed by atoms with Crippen LogP contribution < -0.4 is 5.32 Å². The van der Waals surface area contributed by atoms with Crippen LogP contribution in [0.15, 0.2) is 66.7 Å². The third-order valence-electron chi connectivity index (χ3n) is 3.95. The molecular weight excluding hydrogens is 336 g/mol. The molecule has 0 radical (unpaired) electrons. The van der Waals surface area contributed by atoms with Gasteiger partial charge in [-0.25, -0.2) is 0 Å². The Balaban J connectivity index is 1.63. The van der Waals surface area contributed by atoms with E-state index in [1.165, 1.54) is 15.8 Å². The molecule has 0 aliphatic rings. The summed E-state index contributed by atoms with van der Waals surface area (Å²) in [6, 6.07) is 21.9. The number of hydrogen-bond donors (Lipinski definition) is 1. The van der Waals surface area contributed by atoms with E-state index in [4.69, 9.17) is 11.6 Å². The van der Waals surface area contributed by atoms with Crippen LogP contribution in [0.3, 0.4) is 0 Å². The quantitative estimate of drug-likeness (QED) is 0.596. The highest BCUT2D eigenvalue weighted by atomic mass is 35.5. The third-order valence-corrected chi connectivity index (χ3v) is 4.20. The van der Waals surface area contributed by atoms with Gasteiger partial charge in [-0.05, 0) is 52.2 Å². The van der Waals surface area contributed by atoms with Gasteiger partial charge in [0.1, 0.15) is 5.82 Å². The van der Waals surface area contributed by atoms with Crippen LogP contribution >= 0.6 is 11.6 Å². The first-order valence-corrected chi connectivity index (χ1v) is 8.27. The first kappa shape index (κ1) is 15.5. The average Bonchev–Trinajstić information content (AvgIpc) is 3.11. The van der Waals surface area contributed by atoms with Crippen molar-refractivity contribution in [2.24, 2.45) is 0 Å². The van der Waals surface area contributed by atoms with Gasteiger partial charge in [0.25, 0.3) is 0 Å². The van der Waals surface area contributed by atoms with Gasteiger partial charge in [0.2, 0.25) is 0 Å². The van der Waals surface area contributed by atoms with E-state index in [1.807, 2.05) is 54.6 Å². The predicted octanol–water partition coefficient (Wildman–Crippen LogP) is 3.57. The highest BCUT2D eigenvalue weighted by molar-refractivity contribution is 6.30. The Kier molecular flexibility index (Phi) is 4.26. The molecule has 4 rings (SSSR count). The third kappa shape index (κ3) is 3.59. The van der Waals surface area contributed by atoms with Crippen LogP contribution in [-0.2, 0) is 6.42 Å². The Hall–Kier alpha value is -2.99. The summed E-state index contributed by atoms with van der Waals surface area (Å²) in [6.07, 6.45) is 0.802. The Morgan fingerprint density at radius 2 is 1.76 bits per heavy atom. The van der Waals surface area contributed by atoms with E-state index >= 15 is 0 Å². The van der Waals surface area contributed by atoms with E-state index in [9.17, 15) is 0 Å². The molecule has 0 saturated heterocycles. The molecule has 7 heteroatoms. The summed E-state index contributed by atoms with van der Waals surface area (Å²) in [4.78, 5) is 0. The van der Waals surface area contributed by atoms with Crippen molar-refractivity contribution >= 4 is 23.1 Å². The van der Waals surface area contributed by atoms with Gasteiger partial charge in [0, 0.05) is 5.02 Å². The molecule has 6 nitrogen and oxygen atoms in total. The maximum Gasteiger partial charge on any atom is 0.200 e. The average molecular weight is 351 g/mol. The highest BCUT2D eigenvalue weighted by Gasteiger charge is 2.13. The molecule has 0 fully saturated rings. The Morgan fingerprint density at radius 3 is 2.56 bits per heavy atom. The lowest BCUT2D eigenvalue weighted by Gasteiger charge is -2.20. The van der Waals surface area contributed by atoms with Gasteiger partial charge in [-0.1, -0.05) is 54.1 Å². The number of benzene rings is 2. The van der Waals surface area contributed by atoms with Gasteiger partial charge < -0.3 is 5.32 Å². The fourth-order valence-corrected chi connectivity index (χ4v) is 2.82. The molecule has 0 saturated carbocycles. The second-order valence-electron chi connectivity index (χ2n) is 5.68. The van der Waals surface area contributed by atoms with Crippen molar-refractivity contribution in [3.05, 3.63) is 82.9 Å². The van der Waals surface area contributed by atoms with Crippen molar-refractivity contribution in [1.29, 1.82) is 0 Å². The maximum absolute atomic E-state index is 5.99. The summed E-state index contributed by atoms with van der Waals surface area (Å²) in [5.41, 5.74) is 2.98. The highest BCUT2D eigenvalue weighted by Crippen LogP contribution is 2.23. The van der Waals surface area contributed by atoms with Crippen molar-refractivity contribution in [3.63, 3.8) is 0 Å². The first-order valence-electron chi connectivity index (χ1n) is 7.89. The number of rotatable bonds is 5. The molecule has 2 heterocycles. The predicted molar refractivity (Wildman–Crippen MR) is 96.5 cm³/mol. The van der Waals surface area contributed by atoms with E-state index in [-0.39, 0.29) is 6.04 Å². The monoisotopic (exact) mass is 350 g/mol. The molecule has 1 atom stereocenters. The summed E-state index contributed by atoms with van der Waals surface area (Å²) in [7, 11) is 0. The molecule has 2 aromatic heterocycles. The lowest BCUT2D eigenvalue weighted by molar-refractivity contribution is 0.716. The van der Waals surface area contributed by atoms with Crippen LogP contribution in [0.4, 0.5) is 5.82 Å². The van der Waals surface area contributed by atoms with E-state index in [0.29, 0.717) is 11.5 Å². The second kappa shape index (κ2) is 6.86. The van der Waals surface area contributed by atoms with Crippen LogP contribution in [0.2, 0.25) is 5.02 Å². The number of fused-ring (bicyclic) bond motifs is 1. The fraction of sp³-hybridized carbons (Fsp3) is 0.111. The fourth-order valence-electron chi connectivity index (χ4n) is 2.70. The largest absolute Gasteiger partial charge is 0.361 e. The lowest BCUT2D eigenvalue weighted by Crippen LogP contribution is -2.15. The number of halogens is 1. The summed E-state index contributed by atoms with van der Waals surface area (Å²) in [5.74, 6) is 0.711. The molecule has 0 amide bonds. The number of anilines is 1. The maximum atomic E-state index is 5.99. The van der Waals surface area contributed by atoms with Gasteiger partial charge in [0.15, 0.2) is 5.65 Å². The van der Waals surface area contributed by atoms with E-state index in [2.05, 4.69) is 38.1 Å². The van der Waals surface area contributed by atoms with Crippen molar-refractivity contribution in [2.45, 2.75) is 12.5 Å². The Labute approximate surface area is 149 Å². The SMILES string of the molecule is Clc1ccc(CC(Nc2ccc3nnnn3n2)c2ccccc2)cc1. The van der Waals surface area contributed by atoms with Crippen LogP contribution in [0.1, 0.15) is 17.2 Å². The van der Waals surface area contributed by atoms with Crippen molar-refractivity contribution in [1.82, 2.24) is 25.3 Å². The normalized spacial score (nSPS) is 12.2. The molecular formula is C18H15ClN6. The van der Waals surface area contributed by atoms with Crippen molar-refractivity contribution < 1.29 is 0 Å². The summed E-state index contributed by atoms with van der Waals surface area (Å²) < 4.78 is 1.41. The van der Waals surface area contributed by atoms with Crippen LogP contribution in [0.5, 0.6) is 0 Å². The van der Waals surface area contributed by atoms with Gasteiger partial charge >= 0.3 is 0 Å². The number of aromatic nitrogens is 5. The number of nitrogens with zero attached hydrogens (tertiary/aromatic N) is 5. The second-order valence-corrected chi connectivity index (χ2v) is 6.12. The van der Waals surface area contributed by atoms with Gasteiger partial charge in [-0.15, -0.1) is 14.8 Å². The van der Waals surface area contributed by atoms with Gasteiger partial charge in [-0.3, -0.25) is 0 Å². The number of nitrogens with one attached hydrogen (secondary N) is 1. The molecule has 2 aromatic carbocycles. The van der Waals surface area contributed by atoms with Gasteiger partial charge in [0.05, 0.1) is 6.04 Å². The summed E-state index contributed by atoms with van der Waals surface area (Å²) >= 11 is 5.99. The standard InChI is InChI=1S/C18H15ClN6/c19-15-8-6-13(7-9-15)12-16(14-4-2-1-3-5-14)20-17-10-11-18-21-23-24-25(18)22-17/h1-11,16H,12H2,(H,20,22). The van der Waals surface area contributed by atoms with Crippen molar-refractivity contribution in [2.75, 3.05) is 5.32 Å². The van der Waals surface area contributed by atoms with E-state index < -0.39 is 0 Å². The number of tetrazole rings is 1. The van der Waals surface area contributed by atoms with Crippen LogP contribution in [0.25, 0.3) is 5.65 Å². The summed E-state index contributed by atoms with van der Waals surface area (Å²) in [5, 5.41) is 20.0. The Bertz CT molecular complexity index is 968. The molecule has 1 N–H and O–H groups in total. The van der Waals surface area contributed by atoms with E-state index in [0.717, 1.165) is 11.4 Å². The minimum absolute atomic E-state index is 0.0591. The molecule has 1 unspecified atom stereocenters. The minimum atomic E-state index is 0.0591. The molecule has 0 aliphatic heterocycles. The van der Waals surface area contributed by atoms with Gasteiger partial charge in [-0.2, -0.15) is 0 Å². The van der Waals surface area contributed by atoms with E-state index in [1.54, 1.807) is 0 Å². The molecule has 0 spiro atoms. The van der Waals surface area contributed by atoms with Crippen LogP contribution in [0, 0.1) is 0 Å². The topological polar surface area (TPSA) is 68.0 Å². The molecule has 25 heavy (non-hydrogen) atoms. The Morgan fingerprint density at radius 1 is 0.960 bits per heavy atom. The molecule has 4 aromatic rings. The number of hydrogen-bond acceptors (Lipinski definition) is 5. The lowest BCUT2D eigenvalue weighted by atomic mass is 9.99. The molecule has 0 aliphatic carbocycles. The van der Waals surface area contributed by atoms with Crippen molar-refractivity contribution in [3.8, 4) is 0 Å². The zero-order valence-electron chi connectivity index (χ0n) is 13.2. The summed E-state index contributed by atoms with van der Waals surface area (Å²) in [6.45, 7) is 0. The zero-order chi connectivity index (χ0) is 17.1. The van der Waals surface area contributed by atoms with Crippen LogP contribution in [-0.4, -0.2) is 25.3 Å². The minimum Gasteiger partial charge on any atom is -0.361 e. The molecule has 0 bridgehead atoms. The first-order chi connectivity index (χ1) is 12.3.